The minimum absolute atomic E-state index is 0.645. The summed E-state index contributed by atoms with van der Waals surface area (Å²) < 4.78 is 0. The molecule has 2 aliphatic rings. The van der Waals surface area contributed by atoms with Crippen molar-refractivity contribution >= 4 is 11.8 Å². The van der Waals surface area contributed by atoms with E-state index < -0.39 is 0 Å². The molecule has 1 unspecified atom stereocenters. The first kappa shape index (κ1) is 6.99. The second-order valence-electron chi connectivity index (χ2n) is 3.56. The number of hydrogen-bond acceptors (Lipinski definition) is 2. The van der Waals surface area contributed by atoms with Crippen molar-refractivity contribution in [2.24, 2.45) is 0 Å². The molecule has 1 aliphatic carbocycles. The van der Waals surface area contributed by atoms with Crippen LogP contribution >= 0.6 is 11.8 Å². The second kappa shape index (κ2) is 2.42. The molecule has 0 aromatic carbocycles. The van der Waals surface area contributed by atoms with E-state index in [1.807, 2.05) is 11.8 Å². The maximum absolute atomic E-state index is 3.65. The highest BCUT2D eigenvalue weighted by molar-refractivity contribution is 7.99. The first-order valence-corrected chi connectivity index (χ1v) is 5.41. The van der Waals surface area contributed by atoms with E-state index in [1.165, 1.54) is 32.2 Å². The normalized spacial score (nSPS) is 36.3. The van der Waals surface area contributed by atoms with Crippen LogP contribution in [0.3, 0.4) is 0 Å². The lowest BCUT2D eigenvalue weighted by Gasteiger charge is -2.28. The Morgan fingerprint density at radius 1 is 1.40 bits per heavy atom. The van der Waals surface area contributed by atoms with E-state index in [0.717, 1.165) is 5.25 Å². The summed E-state index contributed by atoms with van der Waals surface area (Å²) in [6.07, 6.45) is 7.96. The van der Waals surface area contributed by atoms with Gasteiger partial charge in [-0.15, -0.1) is 0 Å². The molecule has 10 heavy (non-hydrogen) atoms. The van der Waals surface area contributed by atoms with Crippen molar-refractivity contribution < 1.29 is 0 Å². The third kappa shape index (κ3) is 1.19. The van der Waals surface area contributed by atoms with E-state index in [1.54, 1.807) is 0 Å². The molecule has 58 valence electrons. The topological polar surface area (TPSA) is 12.0 Å². The summed E-state index contributed by atoms with van der Waals surface area (Å²) in [6, 6.07) is 0. The summed E-state index contributed by atoms with van der Waals surface area (Å²) in [7, 11) is 0. The largest absolute Gasteiger partial charge is 0.310 e. The first-order valence-electron chi connectivity index (χ1n) is 4.12. The van der Waals surface area contributed by atoms with Crippen molar-refractivity contribution in [3.63, 3.8) is 0 Å². The summed E-state index contributed by atoms with van der Waals surface area (Å²) in [5.41, 5.74) is 0.645. The predicted molar refractivity (Wildman–Crippen MR) is 46.5 cm³/mol. The van der Waals surface area contributed by atoms with Crippen LogP contribution < -0.4 is 5.32 Å². The molecule has 1 N–H and O–H groups in total. The Kier molecular flexibility index (Phi) is 1.69. The molecule has 1 atom stereocenters. The molecule has 1 saturated carbocycles. The molecule has 1 saturated heterocycles. The molecule has 2 fully saturated rings. The van der Waals surface area contributed by atoms with Gasteiger partial charge in [-0.25, -0.2) is 0 Å². The van der Waals surface area contributed by atoms with Gasteiger partial charge in [0.25, 0.3) is 0 Å². The van der Waals surface area contributed by atoms with Crippen LogP contribution in [0.4, 0.5) is 0 Å². The van der Waals surface area contributed by atoms with Crippen LogP contribution in [0.15, 0.2) is 0 Å². The van der Waals surface area contributed by atoms with Crippen molar-refractivity contribution in [2.75, 3.05) is 12.8 Å². The molecule has 2 rings (SSSR count). The van der Waals surface area contributed by atoms with Gasteiger partial charge in [0.15, 0.2) is 0 Å². The Bertz CT molecular complexity index is 121. The summed E-state index contributed by atoms with van der Waals surface area (Å²) in [6.45, 7) is 1.25. The smallest absolute Gasteiger partial charge is 0.0183 e. The van der Waals surface area contributed by atoms with Gasteiger partial charge in [-0.3, -0.25) is 0 Å². The van der Waals surface area contributed by atoms with Gasteiger partial charge in [0, 0.05) is 17.3 Å². The fraction of sp³-hybridized carbons (Fsp3) is 1.00. The van der Waals surface area contributed by atoms with Crippen LogP contribution in [0.25, 0.3) is 0 Å². The molecule has 0 radical (unpaired) electrons. The lowest BCUT2D eigenvalue weighted by atomic mass is 10.0. The SMILES string of the molecule is CSC1CCC2(CC2)NC1. The molecule has 0 amide bonds. The molecular weight excluding hydrogens is 142 g/mol. The van der Waals surface area contributed by atoms with Crippen molar-refractivity contribution in [1.29, 1.82) is 0 Å². The molecule has 0 aromatic rings. The van der Waals surface area contributed by atoms with Crippen molar-refractivity contribution in [3.05, 3.63) is 0 Å². The number of nitrogens with one attached hydrogen (secondary N) is 1. The number of rotatable bonds is 1. The van der Waals surface area contributed by atoms with Crippen molar-refractivity contribution in [1.82, 2.24) is 5.32 Å². The highest BCUT2D eigenvalue weighted by atomic mass is 32.2. The Morgan fingerprint density at radius 3 is 2.60 bits per heavy atom. The number of hydrogen-bond donors (Lipinski definition) is 1. The summed E-state index contributed by atoms with van der Waals surface area (Å²) in [5.74, 6) is 0. The summed E-state index contributed by atoms with van der Waals surface area (Å²) >= 11 is 2.01. The molecule has 1 aliphatic heterocycles. The highest BCUT2D eigenvalue weighted by Crippen LogP contribution is 2.43. The van der Waals surface area contributed by atoms with Gasteiger partial charge in [0.2, 0.25) is 0 Å². The third-order valence-corrected chi connectivity index (χ3v) is 3.91. The van der Waals surface area contributed by atoms with Crippen LogP contribution in [0.1, 0.15) is 25.7 Å². The zero-order chi connectivity index (χ0) is 7.03. The zero-order valence-electron chi connectivity index (χ0n) is 6.52. The Hall–Kier alpha value is 0.310. The van der Waals surface area contributed by atoms with Gasteiger partial charge >= 0.3 is 0 Å². The van der Waals surface area contributed by atoms with Gasteiger partial charge < -0.3 is 5.32 Å². The van der Waals surface area contributed by atoms with Gasteiger partial charge in [-0.2, -0.15) is 11.8 Å². The Balaban J connectivity index is 1.84. The van der Waals surface area contributed by atoms with Gasteiger partial charge in [-0.1, -0.05) is 0 Å². The highest BCUT2D eigenvalue weighted by Gasteiger charge is 2.44. The average molecular weight is 157 g/mol. The van der Waals surface area contributed by atoms with E-state index >= 15 is 0 Å². The molecule has 1 spiro atoms. The van der Waals surface area contributed by atoms with Crippen molar-refractivity contribution in [3.8, 4) is 0 Å². The average Bonchev–Trinajstić information content (AvgIpc) is 2.72. The van der Waals surface area contributed by atoms with E-state index in [9.17, 15) is 0 Å². The predicted octanol–water partition coefficient (Wildman–Crippen LogP) is 1.63. The van der Waals surface area contributed by atoms with E-state index in [4.69, 9.17) is 0 Å². The Morgan fingerprint density at radius 2 is 2.20 bits per heavy atom. The minimum Gasteiger partial charge on any atom is -0.310 e. The fourth-order valence-corrected chi connectivity index (χ4v) is 2.34. The fourth-order valence-electron chi connectivity index (χ4n) is 1.74. The zero-order valence-corrected chi connectivity index (χ0v) is 7.34. The molecule has 0 aromatic heterocycles. The maximum Gasteiger partial charge on any atom is 0.0183 e. The molecule has 1 heterocycles. The molecule has 2 heteroatoms. The summed E-state index contributed by atoms with van der Waals surface area (Å²) in [5, 5.41) is 4.54. The monoisotopic (exact) mass is 157 g/mol. The van der Waals surface area contributed by atoms with Crippen LogP contribution in [-0.4, -0.2) is 23.6 Å². The molecule has 0 bridgehead atoms. The minimum atomic E-state index is 0.645. The quantitative estimate of drug-likeness (QED) is 0.621. The maximum atomic E-state index is 3.65. The van der Waals surface area contributed by atoms with Crippen LogP contribution in [-0.2, 0) is 0 Å². The van der Waals surface area contributed by atoms with Gasteiger partial charge in [-0.05, 0) is 31.9 Å². The molecule has 1 nitrogen and oxygen atoms in total. The second-order valence-corrected chi connectivity index (χ2v) is 4.70. The standard InChI is InChI=1S/C8H15NS/c1-10-7-2-3-8(4-5-8)9-6-7/h7,9H,2-6H2,1H3. The Labute approximate surface area is 67.0 Å². The third-order valence-electron chi connectivity index (χ3n) is 2.84. The number of piperidine rings is 1. The molecular formula is C8H15NS. The number of thioether (sulfide) groups is 1. The van der Waals surface area contributed by atoms with E-state index in [2.05, 4.69) is 11.6 Å². The van der Waals surface area contributed by atoms with Gasteiger partial charge in [0.05, 0.1) is 0 Å². The van der Waals surface area contributed by atoms with E-state index in [-0.39, 0.29) is 0 Å². The van der Waals surface area contributed by atoms with Crippen molar-refractivity contribution in [2.45, 2.75) is 36.5 Å². The lowest BCUT2D eigenvalue weighted by molar-refractivity contribution is 0.392. The summed E-state index contributed by atoms with van der Waals surface area (Å²) in [4.78, 5) is 0. The van der Waals surface area contributed by atoms with Crippen LogP contribution in [0.5, 0.6) is 0 Å². The van der Waals surface area contributed by atoms with Crippen LogP contribution in [0, 0.1) is 0 Å². The lowest BCUT2D eigenvalue weighted by Crippen LogP contribution is -2.41. The van der Waals surface area contributed by atoms with Gasteiger partial charge in [0.1, 0.15) is 0 Å². The first-order chi connectivity index (χ1) is 4.85. The van der Waals surface area contributed by atoms with Crippen LogP contribution in [0.2, 0.25) is 0 Å². The van der Waals surface area contributed by atoms with E-state index in [0.29, 0.717) is 5.54 Å².